The van der Waals surface area contributed by atoms with Crippen LogP contribution in [0.4, 0.5) is 18.9 Å². The quantitative estimate of drug-likeness (QED) is 0.524. The molecule has 2 aromatic rings. The molecule has 1 saturated carbocycles. The second-order valence-electron chi connectivity index (χ2n) is 8.04. The molecule has 0 heterocycles. The molecule has 1 unspecified atom stereocenters. The molecule has 0 amide bonds. The zero-order valence-corrected chi connectivity index (χ0v) is 18.7. The summed E-state index contributed by atoms with van der Waals surface area (Å²) in [4.78, 5) is 11.8. The van der Waals surface area contributed by atoms with Crippen molar-refractivity contribution < 1.29 is 31.1 Å². The van der Waals surface area contributed by atoms with Gasteiger partial charge in [0.2, 0.25) is 10.0 Å². The summed E-state index contributed by atoms with van der Waals surface area (Å²) in [5.74, 6) is -0.608. The van der Waals surface area contributed by atoms with Crippen LogP contribution < -0.4 is 4.72 Å². The SMILES string of the molecule is COC(=O)c1cccc(C(C)S(=O)(=O)Nc2cc(C(F)(F)F)ccc2C2CCCCC2)c1. The number of halogens is 3. The zero-order chi connectivity index (χ0) is 23.5. The largest absolute Gasteiger partial charge is 0.465 e. The van der Waals surface area contributed by atoms with Crippen molar-refractivity contribution in [3.63, 3.8) is 0 Å². The van der Waals surface area contributed by atoms with Crippen molar-refractivity contribution in [2.24, 2.45) is 0 Å². The van der Waals surface area contributed by atoms with E-state index in [-0.39, 0.29) is 17.2 Å². The number of anilines is 1. The molecule has 1 aliphatic carbocycles. The van der Waals surface area contributed by atoms with Crippen molar-refractivity contribution in [3.05, 3.63) is 64.7 Å². The van der Waals surface area contributed by atoms with E-state index in [1.807, 2.05) is 0 Å². The van der Waals surface area contributed by atoms with Crippen LogP contribution >= 0.6 is 0 Å². The second-order valence-corrected chi connectivity index (χ2v) is 10.0. The Morgan fingerprint density at radius 2 is 1.78 bits per heavy atom. The molecule has 0 spiro atoms. The van der Waals surface area contributed by atoms with Gasteiger partial charge in [0, 0.05) is 0 Å². The molecule has 0 radical (unpaired) electrons. The molecule has 0 aromatic heterocycles. The Morgan fingerprint density at radius 3 is 2.41 bits per heavy atom. The Hall–Kier alpha value is -2.55. The molecule has 3 rings (SSSR count). The maximum atomic E-state index is 13.3. The van der Waals surface area contributed by atoms with E-state index >= 15 is 0 Å². The molecule has 174 valence electrons. The van der Waals surface area contributed by atoms with Gasteiger partial charge in [0.1, 0.15) is 5.25 Å². The number of benzene rings is 2. The van der Waals surface area contributed by atoms with E-state index in [0.717, 1.165) is 44.2 Å². The molecular weight excluding hydrogens is 443 g/mol. The van der Waals surface area contributed by atoms with Crippen molar-refractivity contribution in [2.45, 2.75) is 56.4 Å². The number of alkyl halides is 3. The number of carbonyl (C=O) groups excluding carboxylic acids is 1. The van der Waals surface area contributed by atoms with Crippen molar-refractivity contribution in [2.75, 3.05) is 11.8 Å². The first-order valence-electron chi connectivity index (χ1n) is 10.4. The fraction of sp³-hybridized carbons (Fsp3) is 0.435. The molecular formula is C23H26F3NO4S. The topological polar surface area (TPSA) is 72.5 Å². The minimum atomic E-state index is -4.59. The van der Waals surface area contributed by atoms with Gasteiger partial charge in [-0.25, -0.2) is 13.2 Å². The Kier molecular flexibility index (Phi) is 7.17. The van der Waals surface area contributed by atoms with Crippen LogP contribution in [0.5, 0.6) is 0 Å². The monoisotopic (exact) mass is 469 g/mol. The molecule has 1 N–H and O–H groups in total. The summed E-state index contributed by atoms with van der Waals surface area (Å²) in [6.07, 6.45) is -0.0195. The standard InChI is InChI=1S/C23H26F3NO4S/c1-15(17-9-6-10-18(13-17)22(28)31-2)32(29,30)27-21-14-19(23(24,25)26)11-12-20(21)16-7-4-3-5-8-16/h6,9-16,27H,3-5,7-8H2,1-2H3. The summed E-state index contributed by atoms with van der Waals surface area (Å²) < 4.78 is 73.4. The van der Waals surface area contributed by atoms with E-state index in [0.29, 0.717) is 11.1 Å². The van der Waals surface area contributed by atoms with Gasteiger partial charge in [0.15, 0.2) is 0 Å². The first kappa shape index (κ1) is 24.1. The van der Waals surface area contributed by atoms with Crippen LogP contribution in [0, 0.1) is 0 Å². The van der Waals surface area contributed by atoms with Crippen LogP contribution in [0.25, 0.3) is 0 Å². The van der Waals surface area contributed by atoms with Crippen molar-refractivity contribution in [1.82, 2.24) is 0 Å². The van der Waals surface area contributed by atoms with Gasteiger partial charge in [-0.05, 0) is 61.1 Å². The fourth-order valence-corrected chi connectivity index (χ4v) is 5.21. The third kappa shape index (κ3) is 5.43. The average Bonchev–Trinajstić information content (AvgIpc) is 2.77. The summed E-state index contributed by atoms with van der Waals surface area (Å²) >= 11 is 0. The minimum absolute atomic E-state index is 0.00157. The van der Waals surface area contributed by atoms with Crippen molar-refractivity contribution in [1.29, 1.82) is 0 Å². The van der Waals surface area contributed by atoms with Gasteiger partial charge >= 0.3 is 12.1 Å². The number of nitrogens with one attached hydrogen (secondary N) is 1. The third-order valence-corrected chi connectivity index (χ3v) is 7.63. The number of methoxy groups -OCH3 is 1. The van der Waals surface area contributed by atoms with Gasteiger partial charge in [-0.3, -0.25) is 4.72 Å². The van der Waals surface area contributed by atoms with Crippen LogP contribution in [0.1, 0.15) is 77.2 Å². The molecule has 9 heteroatoms. The van der Waals surface area contributed by atoms with Crippen molar-refractivity contribution >= 4 is 21.7 Å². The third-order valence-electron chi connectivity index (χ3n) is 5.92. The molecule has 32 heavy (non-hydrogen) atoms. The summed E-state index contributed by atoms with van der Waals surface area (Å²) in [5.41, 5.74) is 0.148. The zero-order valence-electron chi connectivity index (χ0n) is 17.9. The Morgan fingerprint density at radius 1 is 1.09 bits per heavy atom. The lowest BCUT2D eigenvalue weighted by atomic mass is 9.83. The summed E-state index contributed by atoms with van der Waals surface area (Å²) in [5, 5.41) is -1.11. The maximum Gasteiger partial charge on any atom is 0.416 e. The minimum Gasteiger partial charge on any atom is -0.465 e. The van der Waals surface area contributed by atoms with Crippen LogP contribution in [-0.4, -0.2) is 21.5 Å². The van der Waals surface area contributed by atoms with E-state index in [1.165, 1.54) is 38.3 Å². The number of hydrogen-bond donors (Lipinski definition) is 1. The molecule has 2 aromatic carbocycles. The van der Waals surface area contributed by atoms with Crippen LogP contribution in [0.2, 0.25) is 0 Å². The lowest BCUT2D eigenvalue weighted by molar-refractivity contribution is -0.137. The van der Waals surface area contributed by atoms with Crippen LogP contribution in [0.15, 0.2) is 42.5 Å². The Bertz CT molecular complexity index is 1080. The molecule has 1 aliphatic rings. The van der Waals surface area contributed by atoms with Gasteiger partial charge in [0.05, 0.1) is 23.9 Å². The van der Waals surface area contributed by atoms with E-state index in [4.69, 9.17) is 0 Å². The molecule has 1 atom stereocenters. The molecule has 0 bridgehead atoms. The number of rotatable bonds is 6. The molecule has 0 saturated heterocycles. The molecule has 0 aliphatic heterocycles. The second kappa shape index (κ2) is 9.52. The molecule has 5 nitrogen and oxygen atoms in total. The Labute approximate surface area is 186 Å². The van der Waals surface area contributed by atoms with Gasteiger partial charge in [0.25, 0.3) is 0 Å². The number of esters is 1. The van der Waals surface area contributed by atoms with Crippen molar-refractivity contribution in [3.8, 4) is 0 Å². The van der Waals surface area contributed by atoms with E-state index in [2.05, 4.69) is 9.46 Å². The average molecular weight is 470 g/mol. The summed E-state index contributed by atoms with van der Waals surface area (Å²) in [7, 11) is -2.89. The van der Waals surface area contributed by atoms with Crippen LogP contribution in [0.3, 0.4) is 0 Å². The Balaban J connectivity index is 1.97. The summed E-state index contributed by atoms with van der Waals surface area (Å²) in [6.45, 7) is 1.42. The van der Waals surface area contributed by atoms with Gasteiger partial charge in [-0.1, -0.05) is 37.5 Å². The first-order valence-corrected chi connectivity index (χ1v) is 12.0. The fourth-order valence-electron chi connectivity index (χ4n) is 4.05. The highest BCUT2D eigenvalue weighted by molar-refractivity contribution is 7.92. The lowest BCUT2D eigenvalue weighted by Gasteiger charge is -2.26. The maximum absolute atomic E-state index is 13.3. The van der Waals surface area contributed by atoms with Gasteiger partial charge in [-0.2, -0.15) is 13.2 Å². The van der Waals surface area contributed by atoms with Gasteiger partial charge < -0.3 is 4.74 Å². The van der Waals surface area contributed by atoms with E-state index in [9.17, 15) is 26.4 Å². The first-order chi connectivity index (χ1) is 15.0. The number of ether oxygens (including phenoxy) is 1. The van der Waals surface area contributed by atoms with Crippen LogP contribution in [-0.2, 0) is 20.9 Å². The highest BCUT2D eigenvalue weighted by atomic mass is 32.2. The highest BCUT2D eigenvalue weighted by Crippen LogP contribution is 2.40. The predicted octanol–water partition coefficient (Wildman–Crippen LogP) is 6.04. The number of carbonyl (C=O) groups is 1. The normalized spacial score (nSPS) is 16.4. The molecule has 1 fully saturated rings. The van der Waals surface area contributed by atoms with E-state index < -0.39 is 33.0 Å². The number of sulfonamides is 1. The summed E-state index contributed by atoms with van der Waals surface area (Å²) in [6, 6.07) is 9.25. The van der Waals surface area contributed by atoms with E-state index in [1.54, 1.807) is 6.07 Å². The lowest BCUT2D eigenvalue weighted by Crippen LogP contribution is -2.22. The smallest absolute Gasteiger partial charge is 0.416 e. The predicted molar refractivity (Wildman–Crippen MR) is 116 cm³/mol. The van der Waals surface area contributed by atoms with Gasteiger partial charge in [-0.15, -0.1) is 0 Å². The highest BCUT2D eigenvalue weighted by Gasteiger charge is 2.33. The number of hydrogen-bond acceptors (Lipinski definition) is 4.